The molecule has 4 heteroatoms. The fourth-order valence-electron chi connectivity index (χ4n) is 2.93. The maximum Gasteiger partial charge on any atom is 0.234 e. The minimum absolute atomic E-state index is 0.0884. The van der Waals surface area contributed by atoms with Gasteiger partial charge in [0.15, 0.2) is 0 Å². The van der Waals surface area contributed by atoms with E-state index in [4.69, 9.17) is 0 Å². The van der Waals surface area contributed by atoms with Gasteiger partial charge in [-0.25, -0.2) is 0 Å². The number of allylic oxidation sites excluding steroid dienone is 1. The first kappa shape index (κ1) is 14.5. The molecule has 0 radical (unpaired) electrons. The first-order valence-electron chi connectivity index (χ1n) is 7.59. The van der Waals surface area contributed by atoms with Crippen molar-refractivity contribution in [1.29, 1.82) is 0 Å². The van der Waals surface area contributed by atoms with E-state index in [1.165, 1.54) is 31.3 Å². The van der Waals surface area contributed by atoms with Crippen LogP contribution in [-0.2, 0) is 4.79 Å². The highest BCUT2D eigenvalue weighted by molar-refractivity contribution is 5.78. The summed E-state index contributed by atoms with van der Waals surface area (Å²) in [7, 11) is 0. The highest BCUT2D eigenvalue weighted by atomic mass is 16.3. The molecule has 1 aliphatic carbocycles. The molecule has 0 unspecified atom stereocenters. The van der Waals surface area contributed by atoms with Gasteiger partial charge in [0.1, 0.15) is 0 Å². The Balaban J connectivity index is 1.60. The van der Waals surface area contributed by atoms with E-state index in [9.17, 15) is 9.90 Å². The highest BCUT2D eigenvalue weighted by Gasteiger charge is 2.19. The predicted molar refractivity (Wildman–Crippen MR) is 75.9 cm³/mol. The van der Waals surface area contributed by atoms with E-state index in [1.807, 2.05) is 4.90 Å². The quantitative estimate of drug-likeness (QED) is 0.741. The van der Waals surface area contributed by atoms with Gasteiger partial charge >= 0.3 is 0 Å². The van der Waals surface area contributed by atoms with Crippen molar-refractivity contribution in [1.82, 2.24) is 10.2 Å². The molecule has 2 rings (SSSR count). The van der Waals surface area contributed by atoms with Crippen LogP contribution in [0.15, 0.2) is 11.6 Å². The van der Waals surface area contributed by atoms with Gasteiger partial charge in [-0.05, 0) is 51.5 Å². The fourth-order valence-corrected chi connectivity index (χ4v) is 2.93. The number of aliphatic hydroxyl groups excluding tert-OH is 1. The second-order valence-corrected chi connectivity index (χ2v) is 5.74. The van der Waals surface area contributed by atoms with Crippen LogP contribution in [0.1, 0.15) is 44.9 Å². The van der Waals surface area contributed by atoms with Crippen molar-refractivity contribution in [2.45, 2.75) is 51.0 Å². The number of piperidine rings is 1. The van der Waals surface area contributed by atoms with Crippen LogP contribution in [0.2, 0.25) is 0 Å². The summed E-state index contributed by atoms with van der Waals surface area (Å²) in [5, 5.41) is 12.5. The Hall–Kier alpha value is -0.870. The van der Waals surface area contributed by atoms with Gasteiger partial charge in [0.25, 0.3) is 0 Å². The zero-order valence-corrected chi connectivity index (χ0v) is 11.7. The Kier molecular flexibility index (Phi) is 5.86. The lowest BCUT2D eigenvalue weighted by atomic mass is 9.97. The first-order chi connectivity index (χ1) is 9.24. The maximum absolute atomic E-state index is 11.8. The predicted octanol–water partition coefficient (Wildman–Crippen LogP) is 1.45. The zero-order valence-electron chi connectivity index (χ0n) is 11.7. The standard InChI is InChI=1S/C15H26N2O2/c18-14-7-4-10-17(11-14)12-15(19)16-9-8-13-5-2-1-3-6-13/h5,14,18H,1-4,6-12H2,(H,16,19)/t14-/m0/s1. The number of carbonyl (C=O) groups is 1. The molecule has 1 atom stereocenters. The zero-order chi connectivity index (χ0) is 13.5. The van der Waals surface area contributed by atoms with Crippen LogP contribution < -0.4 is 5.32 Å². The molecule has 1 heterocycles. The van der Waals surface area contributed by atoms with Crippen LogP contribution in [0.3, 0.4) is 0 Å². The SMILES string of the molecule is O=C(CN1CCC[C@H](O)C1)NCCC1=CCCCC1. The molecule has 19 heavy (non-hydrogen) atoms. The Morgan fingerprint density at radius 3 is 3.05 bits per heavy atom. The molecule has 2 N–H and O–H groups in total. The average Bonchev–Trinajstić information content (AvgIpc) is 2.40. The lowest BCUT2D eigenvalue weighted by Gasteiger charge is -2.29. The van der Waals surface area contributed by atoms with Crippen molar-refractivity contribution in [3.8, 4) is 0 Å². The van der Waals surface area contributed by atoms with Gasteiger partial charge in [-0.15, -0.1) is 0 Å². The molecular formula is C15H26N2O2. The number of nitrogens with zero attached hydrogens (tertiary/aromatic N) is 1. The number of rotatable bonds is 5. The summed E-state index contributed by atoms with van der Waals surface area (Å²) >= 11 is 0. The molecule has 0 bridgehead atoms. The van der Waals surface area contributed by atoms with Gasteiger partial charge in [0.2, 0.25) is 5.91 Å². The summed E-state index contributed by atoms with van der Waals surface area (Å²) in [4.78, 5) is 13.9. The molecule has 0 aromatic heterocycles. The number of amides is 1. The third-order valence-electron chi connectivity index (χ3n) is 4.00. The number of hydrogen-bond donors (Lipinski definition) is 2. The number of aliphatic hydroxyl groups is 1. The molecule has 4 nitrogen and oxygen atoms in total. The summed E-state index contributed by atoms with van der Waals surface area (Å²) in [6.45, 7) is 2.74. The third-order valence-corrected chi connectivity index (χ3v) is 4.00. The number of carbonyl (C=O) groups excluding carboxylic acids is 1. The molecular weight excluding hydrogens is 240 g/mol. The van der Waals surface area contributed by atoms with E-state index in [0.717, 1.165) is 32.4 Å². The lowest BCUT2D eigenvalue weighted by Crippen LogP contribution is -2.44. The number of β-amino-alcohol motifs (C(OH)–C–C–N with tert-alkyl or cyclic N) is 1. The molecule has 0 saturated carbocycles. The molecule has 1 amide bonds. The molecule has 108 valence electrons. The van der Waals surface area contributed by atoms with E-state index in [1.54, 1.807) is 0 Å². The topological polar surface area (TPSA) is 52.6 Å². The second-order valence-electron chi connectivity index (χ2n) is 5.74. The maximum atomic E-state index is 11.8. The van der Waals surface area contributed by atoms with Gasteiger partial charge in [-0.1, -0.05) is 11.6 Å². The van der Waals surface area contributed by atoms with Crippen molar-refractivity contribution in [3.05, 3.63) is 11.6 Å². The first-order valence-corrected chi connectivity index (χ1v) is 7.59. The normalized spacial score (nSPS) is 24.9. The van der Waals surface area contributed by atoms with Gasteiger partial charge in [-0.3, -0.25) is 9.69 Å². The Morgan fingerprint density at radius 1 is 1.42 bits per heavy atom. The molecule has 1 aliphatic heterocycles. The van der Waals surface area contributed by atoms with Gasteiger partial charge in [-0.2, -0.15) is 0 Å². The molecule has 1 saturated heterocycles. The number of nitrogens with one attached hydrogen (secondary N) is 1. The van der Waals surface area contributed by atoms with Gasteiger partial charge in [0, 0.05) is 13.1 Å². The average molecular weight is 266 g/mol. The summed E-state index contributed by atoms with van der Waals surface area (Å²) in [5.41, 5.74) is 1.50. The molecule has 0 aromatic rings. The monoisotopic (exact) mass is 266 g/mol. The summed E-state index contributed by atoms with van der Waals surface area (Å²) in [6.07, 6.45) is 9.94. The second kappa shape index (κ2) is 7.65. The lowest BCUT2D eigenvalue weighted by molar-refractivity contribution is -0.122. The smallest absolute Gasteiger partial charge is 0.234 e. The van der Waals surface area contributed by atoms with Crippen LogP contribution in [-0.4, -0.2) is 48.2 Å². The highest BCUT2D eigenvalue weighted by Crippen LogP contribution is 2.19. The molecule has 0 spiro atoms. The van der Waals surface area contributed by atoms with Crippen molar-refractivity contribution in [3.63, 3.8) is 0 Å². The van der Waals surface area contributed by atoms with E-state index < -0.39 is 0 Å². The minimum Gasteiger partial charge on any atom is -0.392 e. The Labute approximate surface area is 115 Å². The van der Waals surface area contributed by atoms with Crippen LogP contribution in [0, 0.1) is 0 Å². The molecule has 1 fully saturated rings. The van der Waals surface area contributed by atoms with Crippen LogP contribution in [0.5, 0.6) is 0 Å². The number of likely N-dealkylation sites (tertiary alicyclic amines) is 1. The van der Waals surface area contributed by atoms with E-state index in [0.29, 0.717) is 13.1 Å². The van der Waals surface area contributed by atoms with Crippen LogP contribution in [0.25, 0.3) is 0 Å². The Bertz CT molecular complexity index is 328. The van der Waals surface area contributed by atoms with Crippen LogP contribution >= 0.6 is 0 Å². The van der Waals surface area contributed by atoms with Crippen molar-refractivity contribution < 1.29 is 9.90 Å². The largest absolute Gasteiger partial charge is 0.392 e. The third kappa shape index (κ3) is 5.33. The van der Waals surface area contributed by atoms with Crippen molar-refractivity contribution in [2.24, 2.45) is 0 Å². The van der Waals surface area contributed by atoms with Gasteiger partial charge < -0.3 is 10.4 Å². The van der Waals surface area contributed by atoms with Gasteiger partial charge in [0.05, 0.1) is 12.6 Å². The van der Waals surface area contributed by atoms with E-state index in [2.05, 4.69) is 11.4 Å². The number of hydrogen-bond acceptors (Lipinski definition) is 3. The van der Waals surface area contributed by atoms with Crippen molar-refractivity contribution >= 4 is 5.91 Å². The van der Waals surface area contributed by atoms with Crippen molar-refractivity contribution in [2.75, 3.05) is 26.2 Å². The molecule has 0 aromatic carbocycles. The van der Waals surface area contributed by atoms with E-state index >= 15 is 0 Å². The van der Waals surface area contributed by atoms with E-state index in [-0.39, 0.29) is 12.0 Å². The summed E-state index contributed by atoms with van der Waals surface area (Å²) < 4.78 is 0. The Morgan fingerprint density at radius 2 is 2.32 bits per heavy atom. The minimum atomic E-state index is -0.256. The molecule has 2 aliphatic rings. The van der Waals surface area contributed by atoms with Crippen LogP contribution in [0.4, 0.5) is 0 Å². The fraction of sp³-hybridized carbons (Fsp3) is 0.800. The summed E-state index contributed by atoms with van der Waals surface area (Å²) in [5.74, 6) is 0.0884. The summed E-state index contributed by atoms with van der Waals surface area (Å²) in [6, 6.07) is 0.